The minimum absolute atomic E-state index is 0.632. The van der Waals surface area contributed by atoms with E-state index in [-0.39, 0.29) is 0 Å². The van der Waals surface area contributed by atoms with E-state index in [4.69, 9.17) is 10.5 Å². The summed E-state index contributed by atoms with van der Waals surface area (Å²) in [6.07, 6.45) is 0.823. The second kappa shape index (κ2) is 5.50. The predicted octanol–water partition coefficient (Wildman–Crippen LogP) is 2.94. The Morgan fingerprint density at radius 2 is 2.11 bits per heavy atom. The van der Waals surface area contributed by atoms with Gasteiger partial charge in [-0.15, -0.1) is 11.3 Å². The molecule has 96 valence electrons. The predicted molar refractivity (Wildman–Crippen MR) is 76.3 cm³/mol. The average Bonchev–Trinajstić information content (AvgIpc) is 2.76. The molecule has 0 amide bonds. The summed E-state index contributed by atoms with van der Waals surface area (Å²) in [4.78, 5) is 4.63. The summed E-state index contributed by atoms with van der Waals surface area (Å²) >= 11 is 1.65. The Bertz CT molecular complexity index is 549. The van der Waals surface area contributed by atoms with Crippen molar-refractivity contribution in [2.24, 2.45) is 5.73 Å². The van der Waals surface area contributed by atoms with Crippen molar-refractivity contribution in [2.45, 2.75) is 20.3 Å². The van der Waals surface area contributed by atoms with Gasteiger partial charge in [-0.3, -0.25) is 0 Å². The Labute approximate surface area is 112 Å². The summed E-state index contributed by atoms with van der Waals surface area (Å²) in [5.74, 6) is 0.890. The van der Waals surface area contributed by atoms with Gasteiger partial charge in [0.1, 0.15) is 10.8 Å². The zero-order chi connectivity index (χ0) is 13.1. The van der Waals surface area contributed by atoms with E-state index >= 15 is 0 Å². The van der Waals surface area contributed by atoms with Gasteiger partial charge in [-0.25, -0.2) is 4.98 Å². The van der Waals surface area contributed by atoms with Crippen LogP contribution < -0.4 is 10.5 Å². The van der Waals surface area contributed by atoms with Gasteiger partial charge >= 0.3 is 0 Å². The van der Waals surface area contributed by atoms with Gasteiger partial charge in [-0.1, -0.05) is 6.07 Å². The molecule has 0 aliphatic rings. The fourth-order valence-electron chi connectivity index (χ4n) is 2.05. The van der Waals surface area contributed by atoms with Crippen molar-refractivity contribution in [1.82, 2.24) is 4.98 Å². The fraction of sp³-hybridized carbons (Fsp3) is 0.357. The monoisotopic (exact) mass is 262 g/mol. The highest BCUT2D eigenvalue weighted by molar-refractivity contribution is 7.13. The smallest absolute Gasteiger partial charge is 0.129 e. The first-order valence-corrected chi connectivity index (χ1v) is 6.83. The van der Waals surface area contributed by atoms with E-state index in [1.54, 1.807) is 18.4 Å². The molecule has 0 unspecified atom stereocenters. The maximum absolute atomic E-state index is 5.55. The molecule has 2 N–H and O–H groups in total. The molecule has 1 aromatic heterocycles. The van der Waals surface area contributed by atoms with Crippen LogP contribution in [0.3, 0.4) is 0 Å². The SMILES string of the molecule is COc1cc(C)cc(C)c1-c1nc(CCN)cs1. The Morgan fingerprint density at radius 3 is 2.78 bits per heavy atom. The standard InChI is InChI=1S/C14H18N2OS/c1-9-6-10(2)13(12(7-9)17-3)14-16-11(4-5-15)8-18-14/h6-8H,4-5,15H2,1-3H3. The van der Waals surface area contributed by atoms with Crippen LogP contribution in [0.15, 0.2) is 17.5 Å². The summed E-state index contributed by atoms with van der Waals surface area (Å²) in [6.45, 7) is 4.79. The molecule has 2 rings (SSSR count). The van der Waals surface area contributed by atoms with Crippen molar-refractivity contribution in [3.05, 3.63) is 34.3 Å². The molecule has 0 bridgehead atoms. The summed E-state index contributed by atoms with van der Waals surface area (Å²) in [6, 6.07) is 4.20. The van der Waals surface area contributed by atoms with E-state index < -0.39 is 0 Å². The number of aromatic nitrogens is 1. The highest BCUT2D eigenvalue weighted by Gasteiger charge is 2.13. The molecule has 1 aromatic carbocycles. The molecule has 3 nitrogen and oxygen atoms in total. The summed E-state index contributed by atoms with van der Waals surface area (Å²) in [5.41, 5.74) is 10.1. The molecule has 0 saturated heterocycles. The van der Waals surface area contributed by atoms with Crippen molar-refractivity contribution in [3.63, 3.8) is 0 Å². The molecule has 0 radical (unpaired) electrons. The molecule has 4 heteroatoms. The van der Waals surface area contributed by atoms with Crippen LogP contribution in [0.1, 0.15) is 16.8 Å². The molecule has 0 aliphatic heterocycles. The summed E-state index contributed by atoms with van der Waals surface area (Å²) < 4.78 is 5.47. The van der Waals surface area contributed by atoms with Crippen LogP contribution >= 0.6 is 11.3 Å². The number of hydrogen-bond donors (Lipinski definition) is 1. The normalized spacial score (nSPS) is 10.7. The highest BCUT2D eigenvalue weighted by atomic mass is 32.1. The van der Waals surface area contributed by atoms with Gasteiger partial charge < -0.3 is 10.5 Å². The van der Waals surface area contributed by atoms with Gasteiger partial charge in [-0.2, -0.15) is 0 Å². The number of methoxy groups -OCH3 is 1. The highest BCUT2D eigenvalue weighted by Crippen LogP contribution is 2.36. The van der Waals surface area contributed by atoms with Crippen LogP contribution in [-0.2, 0) is 6.42 Å². The van der Waals surface area contributed by atoms with Crippen molar-refractivity contribution in [2.75, 3.05) is 13.7 Å². The third-order valence-electron chi connectivity index (χ3n) is 2.83. The topological polar surface area (TPSA) is 48.1 Å². The lowest BCUT2D eigenvalue weighted by molar-refractivity contribution is 0.416. The largest absolute Gasteiger partial charge is 0.496 e. The zero-order valence-corrected chi connectivity index (χ0v) is 11.8. The molecule has 18 heavy (non-hydrogen) atoms. The maximum Gasteiger partial charge on any atom is 0.129 e. The minimum atomic E-state index is 0.632. The molecule has 0 fully saturated rings. The lowest BCUT2D eigenvalue weighted by Crippen LogP contribution is -2.02. The van der Waals surface area contributed by atoms with E-state index in [0.717, 1.165) is 28.4 Å². The minimum Gasteiger partial charge on any atom is -0.496 e. The molecular weight excluding hydrogens is 244 g/mol. The maximum atomic E-state index is 5.55. The van der Waals surface area contributed by atoms with Gasteiger partial charge in [-0.05, 0) is 37.6 Å². The second-order valence-electron chi connectivity index (χ2n) is 4.34. The van der Waals surface area contributed by atoms with E-state index in [1.807, 2.05) is 6.07 Å². The first kappa shape index (κ1) is 13.1. The lowest BCUT2D eigenvalue weighted by Gasteiger charge is -2.10. The average molecular weight is 262 g/mol. The van der Waals surface area contributed by atoms with E-state index in [9.17, 15) is 0 Å². The van der Waals surface area contributed by atoms with Crippen LogP contribution in [0.4, 0.5) is 0 Å². The number of ether oxygens (including phenoxy) is 1. The summed E-state index contributed by atoms with van der Waals surface area (Å²) in [7, 11) is 1.70. The molecule has 0 spiro atoms. The first-order chi connectivity index (χ1) is 8.65. The third kappa shape index (κ3) is 2.54. The third-order valence-corrected chi connectivity index (χ3v) is 3.74. The number of hydrogen-bond acceptors (Lipinski definition) is 4. The number of aryl methyl sites for hydroxylation is 2. The van der Waals surface area contributed by atoms with Crippen molar-refractivity contribution >= 4 is 11.3 Å². The lowest BCUT2D eigenvalue weighted by atomic mass is 10.0. The van der Waals surface area contributed by atoms with E-state index in [0.29, 0.717) is 6.54 Å². The fourth-order valence-corrected chi connectivity index (χ4v) is 3.02. The number of benzene rings is 1. The number of nitrogens with zero attached hydrogens (tertiary/aromatic N) is 1. The molecular formula is C14H18N2OS. The van der Waals surface area contributed by atoms with E-state index in [1.165, 1.54) is 11.1 Å². The Balaban J connectivity index is 2.48. The van der Waals surface area contributed by atoms with Crippen LogP contribution in [-0.4, -0.2) is 18.6 Å². The van der Waals surface area contributed by atoms with Crippen molar-refractivity contribution < 1.29 is 4.74 Å². The van der Waals surface area contributed by atoms with Crippen molar-refractivity contribution in [3.8, 4) is 16.3 Å². The molecule has 0 saturated carbocycles. The number of thiazole rings is 1. The van der Waals surface area contributed by atoms with Crippen LogP contribution in [0.25, 0.3) is 10.6 Å². The van der Waals surface area contributed by atoms with Crippen molar-refractivity contribution in [1.29, 1.82) is 0 Å². The van der Waals surface area contributed by atoms with Gasteiger partial charge in [0.05, 0.1) is 18.4 Å². The molecule has 1 heterocycles. The second-order valence-corrected chi connectivity index (χ2v) is 5.20. The molecule has 2 aromatic rings. The van der Waals surface area contributed by atoms with Gasteiger partial charge in [0.15, 0.2) is 0 Å². The van der Waals surface area contributed by atoms with Crippen LogP contribution in [0.5, 0.6) is 5.75 Å². The van der Waals surface area contributed by atoms with Gasteiger partial charge in [0.2, 0.25) is 0 Å². The Hall–Kier alpha value is -1.39. The quantitative estimate of drug-likeness (QED) is 0.921. The Kier molecular flexibility index (Phi) is 3.99. The molecule has 0 atom stereocenters. The van der Waals surface area contributed by atoms with Gasteiger partial charge in [0, 0.05) is 11.8 Å². The van der Waals surface area contributed by atoms with Gasteiger partial charge in [0.25, 0.3) is 0 Å². The summed E-state index contributed by atoms with van der Waals surface area (Å²) in [5, 5.41) is 3.08. The number of nitrogens with two attached hydrogens (primary N) is 1. The van der Waals surface area contributed by atoms with Crippen LogP contribution in [0, 0.1) is 13.8 Å². The molecule has 0 aliphatic carbocycles. The Morgan fingerprint density at radius 1 is 1.33 bits per heavy atom. The number of rotatable bonds is 4. The van der Waals surface area contributed by atoms with E-state index in [2.05, 4.69) is 30.3 Å². The van der Waals surface area contributed by atoms with Crippen LogP contribution in [0.2, 0.25) is 0 Å². The first-order valence-electron chi connectivity index (χ1n) is 5.95. The zero-order valence-electron chi connectivity index (χ0n) is 11.0.